The molecule has 6 heterocycles. The molecule has 12 aromatic rings. The van der Waals surface area contributed by atoms with Crippen molar-refractivity contribution in [3.05, 3.63) is 157 Å². The number of hydrogen-bond acceptors (Lipinski definition) is 5. The quantitative estimate of drug-likeness (QED) is 0.163. The Morgan fingerprint density at radius 2 is 1.31 bits per heavy atom. The molecule has 64 heavy (non-hydrogen) atoms. The first-order valence-corrected chi connectivity index (χ1v) is 23.1. The molecule has 0 saturated heterocycles. The highest BCUT2D eigenvalue weighted by molar-refractivity contribution is 7.25. The van der Waals surface area contributed by atoms with Gasteiger partial charge in [0.15, 0.2) is 5.58 Å². The number of hydrogen-bond donors (Lipinski definition) is 0. The van der Waals surface area contributed by atoms with Crippen molar-refractivity contribution in [2.24, 2.45) is 0 Å². The molecule has 2 aliphatic rings. The van der Waals surface area contributed by atoms with Gasteiger partial charge in [-0.2, -0.15) is 0 Å². The van der Waals surface area contributed by atoms with Crippen LogP contribution in [0.3, 0.4) is 0 Å². The Morgan fingerprint density at radius 1 is 0.578 bits per heavy atom. The van der Waals surface area contributed by atoms with Gasteiger partial charge in [0.2, 0.25) is 5.89 Å². The van der Waals surface area contributed by atoms with Gasteiger partial charge in [-0.1, -0.05) is 114 Å². The SMILES string of the molecule is CC(C)(C)c1ccc(N2B3c4cc5nc(-c6ccccc6)oc5cc4-n4c5ccc(C(C)(C)C)cc5c5c6c(oc7ccccc76)c(c3c54)-c3cc4c(cc32)sc2ccccc24)cc1. The molecule has 14 rings (SSSR count). The second-order valence-electron chi connectivity index (χ2n) is 19.9. The number of furan rings is 1. The molecule has 7 heteroatoms. The van der Waals surface area contributed by atoms with Crippen LogP contribution in [-0.2, 0) is 10.8 Å². The van der Waals surface area contributed by atoms with E-state index < -0.39 is 0 Å². The summed E-state index contributed by atoms with van der Waals surface area (Å²) in [7, 11) is 0. The van der Waals surface area contributed by atoms with Crippen LogP contribution in [0, 0.1) is 0 Å². The van der Waals surface area contributed by atoms with Crippen molar-refractivity contribution < 1.29 is 8.83 Å². The van der Waals surface area contributed by atoms with E-state index in [0.717, 1.165) is 66.7 Å². The third-order valence-corrected chi connectivity index (χ3v) is 15.2. The van der Waals surface area contributed by atoms with Crippen LogP contribution < -0.4 is 15.7 Å². The highest BCUT2D eigenvalue weighted by atomic mass is 32.1. The van der Waals surface area contributed by atoms with Gasteiger partial charge in [0, 0.05) is 81.5 Å². The van der Waals surface area contributed by atoms with E-state index in [0.29, 0.717) is 5.89 Å². The summed E-state index contributed by atoms with van der Waals surface area (Å²) >= 11 is 1.87. The van der Waals surface area contributed by atoms with Gasteiger partial charge in [-0.25, -0.2) is 4.98 Å². The summed E-state index contributed by atoms with van der Waals surface area (Å²) in [5.74, 6) is 0.619. The Morgan fingerprint density at radius 3 is 2.11 bits per heavy atom. The Hall–Kier alpha value is -7.09. The van der Waals surface area contributed by atoms with Crippen molar-refractivity contribution in [3.8, 4) is 28.3 Å². The second kappa shape index (κ2) is 12.3. The first kappa shape index (κ1) is 36.4. The van der Waals surface area contributed by atoms with Gasteiger partial charge in [-0.05, 0) is 99.6 Å². The molecule has 0 saturated carbocycles. The number of rotatable bonds is 2. The molecule has 0 radical (unpaired) electrons. The van der Waals surface area contributed by atoms with E-state index in [4.69, 9.17) is 13.8 Å². The smallest absolute Gasteiger partial charge is 0.333 e. The van der Waals surface area contributed by atoms with Gasteiger partial charge in [0.1, 0.15) is 16.7 Å². The second-order valence-corrected chi connectivity index (χ2v) is 21.0. The van der Waals surface area contributed by atoms with Crippen molar-refractivity contribution in [3.63, 3.8) is 0 Å². The lowest BCUT2D eigenvalue weighted by Gasteiger charge is -2.42. The normalized spacial score (nSPS) is 13.7. The van der Waals surface area contributed by atoms with Crippen LogP contribution in [0.15, 0.2) is 154 Å². The number of para-hydroxylation sites is 1. The van der Waals surface area contributed by atoms with Crippen LogP contribution in [0.25, 0.3) is 103 Å². The average Bonchev–Trinajstić information content (AvgIpc) is 4.07. The summed E-state index contributed by atoms with van der Waals surface area (Å²) in [6.07, 6.45) is 0. The zero-order valence-corrected chi connectivity index (χ0v) is 37.3. The van der Waals surface area contributed by atoms with Crippen LogP contribution >= 0.6 is 11.3 Å². The van der Waals surface area contributed by atoms with Crippen molar-refractivity contribution in [1.29, 1.82) is 0 Å². The van der Waals surface area contributed by atoms with E-state index in [1.54, 1.807) is 0 Å². The predicted molar refractivity (Wildman–Crippen MR) is 270 cm³/mol. The molecular weight excluding hydrogens is 802 g/mol. The number of fused-ring (bicyclic) bond motifs is 17. The third kappa shape index (κ3) is 4.82. The summed E-state index contributed by atoms with van der Waals surface area (Å²) in [6, 6.07) is 53.6. The summed E-state index contributed by atoms with van der Waals surface area (Å²) < 4.78 is 19.1. The number of nitrogens with zero attached hydrogens (tertiary/aromatic N) is 3. The topological polar surface area (TPSA) is 47.3 Å². The van der Waals surface area contributed by atoms with Crippen LogP contribution in [0.2, 0.25) is 0 Å². The number of benzene rings is 8. The maximum Gasteiger partial charge on any atom is 0.333 e. The maximum atomic E-state index is 7.28. The molecule has 0 atom stereocenters. The monoisotopic (exact) mass is 843 g/mol. The number of aromatic nitrogens is 2. The molecule has 0 spiro atoms. The highest BCUT2D eigenvalue weighted by Crippen LogP contribution is 2.53. The van der Waals surface area contributed by atoms with Crippen LogP contribution in [0.4, 0.5) is 11.4 Å². The molecule has 306 valence electrons. The number of oxazole rings is 1. The maximum absolute atomic E-state index is 7.28. The summed E-state index contributed by atoms with van der Waals surface area (Å²) in [5, 5.41) is 7.29. The minimum absolute atomic E-state index is 0.00649. The average molecular weight is 844 g/mol. The fourth-order valence-corrected chi connectivity index (χ4v) is 12.1. The van der Waals surface area contributed by atoms with E-state index >= 15 is 0 Å². The van der Waals surface area contributed by atoms with Gasteiger partial charge in [-0.15, -0.1) is 11.3 Å². The van der Waals surface area contributed by atoms with E-state index in [9.17, 15) is 0 Å². The lowest BCUT2D eigenvalue weighted by atomic mass is 9.43. The van der Waals surface area contributed by atoms with E-state index in [-0.39, 0.29) is 17.7 Å². The van der Waals surface area contributed by atoms with E-state index in [1.807, 2.05) is 29.5 Å². The molecule has 4 aromatic heterocycles. The Bertz CT molecular complexity index is 3990. The largest absolute Gasteiger partial charge is 0.455 e. The van der Waals surface area contributed by atoms with Crippen molar-refractivity contribution in [2.45, 2.75) is 52.4 Å². The third-order valence-electron chi connectivity index (χ3n) is 14.1. The van der Waals surface area contributed by atoms with Gasteiger partial charge in [0.25, 0.3) is 0 Å². The van der Waals surface area contributed by atoms with E-state index in [2.05, 4.69) is 178 Å². The van der Waals surface area contributed by atoms with Crippen molar-refractivity contribution >= 4 is 116 Å². The van der Waals surface area contributed by atoms with Crippen LogP contribution in [0.5, 0.6) is 0 Å². The molecule has 5 nitrogen and oxygen atoms in total. The Kier molecular flexibility index (Phi) is 7.02. The summed E-state index contributed by atoms with van der Waals surface area (Å²) in [4.78, 5) is 7.82. The zero-order valence-electron chi connectivity index (χ0n) is 36.5. The lowest BCUT2D eigenvalue weighted by Crippen LogP contribution is -2.60. The van der Waals surface area contributed by atoms with Gasteiger partial charge in [-0.3, -0.25) is 0 Å². The Balaban J connectivity index is 1.21. The number of thiophene rings is 1. The predicted octanol–water partition coefficient (Wildman–Crippen LogP) is 14.7. The fraction of sp³-hybridized carbons (Fsp3) is 0.140. The van der Waals surface area contributed by atoms with Crippen LogP contribution in [0.1, 0.15) is 52.7 Å². The van der Waals surface area contributed by atoms with Crippen LogP contribution in [-0.4, -0.2) is 16.4 Å². The summed E-state index contributed by atoms with van der Waals surface area (Å²) in [6.45, 7) is 13.6. The molecule has 0 fully saturated rings. The molecule has 0 N–H and O–H groups in total. The highest BCUT2D eigenvalue weighted by Gasteiger charge is 2.47. The first-order valence-electron chi connectivity index (χ1n) is 22.3. The Labute approximate surface area is 374 Å². The molecule has 8 aromatic carbocycles. The molecule has 2 aliphatic heterocycles. The number of anilines is 2. The lowest BCUT2D eigenvalue weighted by molar-refractivity contribution is 0.590. The molecular formula is C57H42BN3O2S. The van der Waals surface area contributed by atoms with Crippen molar-refractivity contribution in [2.75, 3.05) is 4.81 Å². The first-order chi connectivity index (χ1) is 31.0. The molecule has 0 aliphatic carbocycles. The zero-order chi connectivity index (χ0) is 43.0. The van der Waals surface area contributed by atoms with Gasteiger partial charge < -0.3 is 18.2 Å². The standard InChI is InChI=1S/C57H42BN3O2S/c1-56(2,3)32-20-23-34(24-21-32)61-43-30-48-37(35-16-11-13-19-47(35)64-48)27-39(43)51-52-53-49(50-36-17-10-12-18-45(36)62-54(50)51)38-26-33(57(4,5)6)22-25-42(38)60(53)44-29-46-41(28-40(44)58(52)61)59-55(63-46)31-14-8-7-9-15-31/h7-30H,1-6H3. The molecule has 0 unspecified atom stereocenters. The van der Waals surface area contributed by atoms with E-state index in [1.165, 1.54) is 64.1 Å². The van der Waals surface area contributed by atoms with Gasteiger partial charge in [0.05, 0.1) is 11.0 Å². The summed E-state index contributed by atoms with van der Waals surface area (Å²) in [5.41, 5.74) is 17.5. The molecule has 0 bridgehead atoms. The van der Waals surface area contributed by atoms with Gasteiger partial charge >= 0.3 is 6.85 Å². The minimum Gasteiger partial charge on any atom is -0.455 e. The molecule has 0 amide bonds. The van der Waals surface area contributed by atoms with Crippen molar-refractivity contribution in [1.82, 2.24) is 9.55 Å². The minimum atomic E-state index is -0.231. The fourth-order valence-electron chi connectivity index (χ4n) is 11.0.